The third kappa shape index (κ3) is 3.68. The zero-order chi connectivity index (χ0) is 17.9. The maximum absolute atomic E-state index is 5.60. The molecular weight excluding hydrogens is 328 g/mol. The fourth-order valence-corrected chi connectivity index (χ4v) is 3.52. The number of nitrogens with two attached hydrogens (primary N) is 1. The molecule has 1 fully saturated rings. The van der Waals surface area contributed by atoms with Gasteiger partial charge in [0.2, 0.25) is 0 Å². The van der Waals surface area contributed by atoms with Crippen LogP contribution < -0.4 is 11.1 Å². The number of nitrogens with one attached hydrogen (secondary N) is 1. The van der Waals surface area contributed by atoms with E-state index in [1.165, 1.54) is 19.3 Å². The minimum absolute atomic E-state index is 0.176. The number of benzene rings is 1. The van der Waals surface area contributed by atoms with Crippen LogP contribution in [0.3, 0.4) is 0 Å². The highest BCUT2D eigenvalue weighted by Crippen LogP contribution is 2.24. The standard InChI is InChI=1S/C19H24N6O/c1-25(15-3-2-7-21-8-6-15)12-14-10-23-17(11-22-14)13-4-5-18-16(9-13)24-19(20)26-18/h4-5,9-11,15,21H,2-3,6-8,12H2,1H3,(H2,20,24). The summed E-state index contributed by atoms with van der Waals surface area (Å²) in [5.74, 6) is 0. The normalized spacial score (nSPS) is 18.3. The number of anilines is 1. The number of oxazole rings is 1. The van der Waals surface area contributed by atoms with Gasteiger partial charge in [-0.3, -0.25) is 14.9 Å². The average molecular weight is 352 g/mol. The van der Waals surface area contributed by atoms with E-state index in [-0.39, 0.29) is 6.01 Å². The lowest BCUT2D eigenvalue weighted by atomic mass is 10.1. The van der Waals surface area contributed by atoms with Crippen molar-refractivity contribution < 1.29 is 4.42 Å². The van der Waals surface area contributed by atoms with Crippen molar-refractivity contribution in [3.63, 3.8) is 0 Å². The molecule has 136 valence electrons. The zero-order valence-corrected chi connectivity index (χ0v) is 15.0. The number of hydrogen-bond donors (Lipinski definition) is 2. The van der Waals surface area contributed by atoms with Crippen molar-refractivity contribution >= 4 is 17.1 Å². The molecule has 0 aliphatic carbocycles. The van der Waals surface area contributed by atoms with E-state index in [0.717, 1.165) is 42.1 Å². The molecule has 7 heteroatoms. The summed E-state index contributed by atoms with van der Waals surface area (Å²) in [6, 6.07) is 6.50. The smallest absolute Gasteiger partial charge is 0.292 e. The van der Waals surface area contributed by atoms with Crippen LogP contribution in [0, 0.1) is 0 Å². The molecule has 1 unspecified atom stereocenters. The quantitative estimate of drug-likeness (QED) is 0.745. The Bertz CT molecular complexity index is 867. The lowest BCUT2D eigenvalue weighted by molar-refractivity contribution is 0.214. The van der Waals surface area contributed by atoms with Gasteiger partial charge in [-0.25, -0.2) is 0 Å². The van der Waals surface area contributed by atoms with Crippen LogP contribution in [0.25, 0.3) is 22.4 Å². The van der Waals surface area contributed by atoms with E-state index in [1.54, 1.807) is 0 Å². The predicted molar refractivity (Wildman–Crippen MR) is 101 cm³/mol. The second-order valence-electron chi connectivity index (χ2n) is 6.88. The molecule has 0 amide bonds. The number of hydrogen-bond acceptors (Lipinski definition) is 7. The van der Waals surface area contributed by atoms with Gasteiger partial charge < -0.3 is 15.5 Å². The molecule has 3 heterocycles. The van der Waals surface area contributed by atoms with E-state index >= 15 is 0 Å². The van der Waals surface area contributed by atoms with E-state index < -0.39 is 0 Å². The summed E-state index contributed by atoms with van der Waals surface area (Å²) in [6.45, 7) is 3.03. The molecule has 1 aromatic carbocycles. The first-order valence-corrected chi connectivity index (χ1v) is 9.07. The Morgan fingerprint density at radius 2 is 2.15 bits per heavy atom. The van der Waals surface area contributed by atoms with Crippen molar-refractivity contribution in [1.82, 2.24) is 25.2 Å². The largest absolute Gasteiger partial charge is 0.424 e. The highest BCUT2D eigenvalue weighted by Gasteiger charge is 2.17. The first kappa shape index (κ1) is 16.9. The van der Waals surface area contributed by atoms with Crippen molar-refractivity contribution in [2.24, 2.45) is 0 Å². The third-order valence-corrected chi connectivity index (χ3v) is 4.99. The topological polar surface area (TPSA) is 93.1 Å². The molecular formula is C19H24N6O. The van der Waals surface area contributed by atoms with Crippen molar-refractivity contribution in [3.05, 3.63) is 36.3 Å². The van der Waals surface area contributed by atoms with Crippen molar-refractivity contribution in [2.75, 3.05) is 25.9 Å². The molecule has 0 saturated carbocycles. The summed E-state index contributed by atoms with van der Waals surface area (Å²) in [7, 11) is 2.18. The first-order valence-electron chi connectivity index (χ1n) is 9.07. The molecule has 1 atom stereocenters. The lowest BCUT2D eigenvalue weighted by Crippen LogP contribution is -2.32. The summed E-state index contributed by atoms with van der Waals surface area (Å²) in [4.78, 5) is 15.8. The van der Waals surface area contributed by atoms with E-state index in [9.17, 15) is 0 Å². The molecule has 0 spiro atoms. The highest BCUT2D eigenvalue weighted by atomic mass is 16.4. The van der Waals surface area contributed by atoms with Crippen LogP contribution in [0.4, 0.5) is 6.01 Å². The van der Waals surface area contributed by atoms with Gasteiger partial charge in [0.25, 0.3) is 6.01 Å². The first-order chi connectivity index (χ1) is 12.7. The average Bonchev–Trinajstić information content (AvgIpc) is 2.84. The molecule has 1 saturated heterocycles. The van der Waals surface area contributed by atoms with Crippen LogP contribution in [0.15, 0.2) is 35.0 Å². The Morgan fingerprint density at radius 3 is 3.00 bits per heavy atom. The van der Waals surface area contributed by atoms with E-state index in [1.807, 2.05) is 30.6 Å². The third-order valence-electron chi connectivity index (χ3n) is 4.99. The molecule has 7 nitrogen and oxygen atoms in total. The summed E-state index contributed by atoms with van der Waals surface area (Å²) in [6.07, 6.45) is 7.33. The molecule has 4 rings (SSSR count). The van der Waals surface area contributed by atoms with Crippen LogP contribution in [0.2, 0.25) is 0 Å². The molecule has 0 radical (unpaired) electrons. The summed E-state index contributed by atoms with van der Waals surface area (Å²) in [5, 5.41) is 3.46. The lowest BCUT2D eigenvalue weighted by Gasteiger charge is -2.26. The molecule has 1 aliphatic heterocycles. The van der Waals surface area contributed by atoms with Gasteiger partial charge in [-0.15, -0.1) is 0 Å². The van der Waals surface area contributed by atoms with Gasteiger partial charge in [-0.2, -0.15) is 4.98 Å². The molecule has 2 aromatic heterocycles. The SMILES string of the molecule is CN(Cc1cnc(-c2ccc3oc(N)nc3c2)cn1)C1CCCNCC1. The predicted octanol–water partition coefficient (Wildman–Crippen LogP) is 2.44. The Balaban J connectivity index is 1.46. The molecule has 0 bridgehead atoms. The van der Waals surface area contributed by atoms with Crippen LogP contribution >= 0.6 is 0 Å². The fourth-order valence-electron chi connectivity index (χ4n) is 3.52. The second kappa shape index (κ2) is 7.39. The molecule has 3 N–H and O–H groups in total. The van der Waals surface area contributed by atoms with Crippen molar-refractivity contribution in [1.29, 1.82) is 0 Å². The van der Waals surface area contributed by atoms with Gasteiger partial charge in [0.05, 0.1) is 23.8 Å². The highest BCUT2D eigenvalue weighted by molar-refractivity contribution is 5.80. The Hall–Kier alpha value is -2.51. The maximum Gasteiger partial charge on any atom is 0.292 e. The zero-order valence-electron chi connectivity index (χ0n) is 15.0. The summed E-state index contributed by atoms with van der Waals surface area (Å²) < 4.78 is 5.31. The van der Waals surface area contributed by atoms with E-state index in [0.29, 0.717) is 11.6 Å². The number of rotatable bonds is 4. The van der Waals surface area contributed by atoms with E-state index in [4.69, 9.17) is 10.2 Å². The van der Waals surface area contributed by atoms with Gasteiger partial charge in [-0.1, -0.05) is 0 Å². The minimum Gasteiger partial charge on any atom is -0.424 e. The van der Waals surface area contributed by atoms with Crippen molar-refractivity contribution in [2.45, 2.75) is 31.8 Å². The second-order valence-corrected chi connectivity index (χ2v) is 6.88. The van der Waals surface area contributed by atoms with Crippen molar-refractivity contribution in [3.8, 4) is 11.3 Å². The number of fused-ring (bicyclic) bond motifs is 1. The van der Waals surface area contributed by atoms with Gasteiger partial charge in [-0.05, 0) is 57.6 Å². The van der Waals surface area contributed by atoms with E-state index in [2.05, 4.69) is 32.2 Å². The van der Waals surface area contributed by atoms with Gasteiger partial charge in [0.1, 0.15) is 5.52 Å². The molecule has 1 aliphatic rings. The Labute approximate surface area is 152 Å². The van der Waals surface area contributed by atoms with Gasteiger partial charge >= 0.3 is 0 Å². The summed E-state index contributed by atoms with van der Waals surface area (Å²) >= 11 is 0. The summed E-state index contributed by atoms with van der Waals surface area (Å²) in [5.41, 5.74) is 9.76. The van der Waals surface area contributed by atoms with Gasteiger partial charge in [0, 0.05) is 18.2 Å². The van der Waals surface area contributed by atoms with Crippen LogP contribution in [0.5, 0.6) is 0 Å². The Morgan fingerprint density at radius 1 is 1.23 bits per heavy atom. The minimum atomic E-state index is 0.176. The maximum atomic E-state index is 5.60. The van der Waals surface area contributed by atoms with Gasteiger partial charge in [0.15, 0.2) is 5.58 Å². The number of nitrogens with zero attached hydrogens (tertiary/aromatic N) is 4. The van der Waals surface area contributed by atoms with Crippen LogP contribution in [-0.4, -0.2) is 46.0 Å². The van der Waals surface area contributed by atoms with Crippen LogP contribution in [-0.2, 0) is 6.54 Å². The monoisotopic (exact) mass is 352 g/mol. The fraction of sp³-hybridized carbons (Fsp3) is 0.421. The molecule has 26 heavy (non-hydrogen) atoms. The Kier molecular flexibility index (Phi) is 4.81. The number of aromatic nitrogens is 3. The number of nitrogen functional groups attached to an aromatic ring is 1. The molecule has 3 aromatic rings. The van der Waals surface area contributed by atoms with Crippen LogP contribution in [0.1, 0.15) is 25.0 Å².